The number of carbonyl (C=O) groups is 2. The molecule has 0 unspecified atom stereocenters. The lowest BCUT2D eigenvalue weighted by molar-refractivity contribution is -0.137. The predicted octanol–water partition coefficient (Wildman–Crippen LogP) is 1.35. The second-order valence-corrected chi connectivity index (χ2v) is 5.55. The minimum Gasteiger partial charge on any atom is -0.481 e. The second-order valence-electron chi connectivity index (χ2n) is 5.55. The number of carbonyl (C=O) groups excluding carboxylic acids is 1. The first-order chi connectivity index (χ1) is 8.08. The Morgan fingerprint density at radius 3 is 2.22 bits per heavy atom. The molecule has 3 N–H and O–H groups in total. The van der Waals surface area contributed by atoms with Crippen LogP contribution in [0, 0.1) is 0 Å². The zero-order valence-corrected chi connectivity index (χ0v) is 11.8. The third-order valence-corrected chi connectivity index (χ3v) is 2.64. The smallest absolute Gasteiger partial charge is 0.315 e. The standard InChI is InChI=1S/C12H24N2O4/c1-11(2,7-6-9(15)16)14-10(17)13-8-12(3,4)18-5/h6-8H2,1-5H3,(H,15,16)(H2,13,14,17). The summed E-state index contributed by atoms with van der Waals surface area (Å²) in [5.74, 6) is -0.870. The quantitative estimate of drug-likeness (QED) is 0.645. The Kier molecular flexibility index (Phi) is 6.11. The Hall–Kier alpha value is -1.30. The maximum absolute atomic E-state index is 11.6. The maximum Gasteiger partial charge on any atom is 0.315 e. The molecule has 6 nitrogen and oxygen atoms in total. The van der Waals surface area contributed by atoms with E-state index in [2.05, 4.69) is 10.6 Å². The van der Waals surface area contributed by atoms with Crippen LogP contribution in [-0.2, 0) is 9.53 Å². The number of urea groups is 1. The van der Waals surface area contributed by atoms with Crippen LogP contribution in [0.1, 0.15) is 40.5 Å². The number of hydrogen-bond acceptors (Lipinski definition) is 3. The third kappa shape index (κ3) is 7.89. The molecule has 106 valence electrons. The van der Waals surface area contributed by atoms with E-state index in [-0.39, 0.29) is 12.5 Å². The van der Waals surface area contributed by atoms with Crippen molar-refractivity contribution in [3.63, 3.8) is 0 Å². The molecule has 0 saturated carbocycles. The largest absolute Gasteiger partial charge is 0.481 e. The van der Waals surface area contributed by atoms with Gasteiger partial charge in [0.1, 0.15) is 0 Å². The van der Waals surface area contributed by atoms with Crippen LogP contribution in [0.25, 0.3) is 0 Å². The molecule has 0 aliphatic carbocycles. The van der Waals surface area contributed by atoms with Crippen LogP contribution in [0.3, 0.4) is 0 Å². The summed E-state index contributed by atoms with van der Waals surface area (Å²) >= 11 is 0. The Morgan fingerprint density at radius 2 is 1.78 bits per heavy atom. The van der Waals surface area contributed by atoms with Crippen molar-refractivity contribution >= 4 is 12.0 Å². The minimum atomic E-state index is -0.870. The van der Waals surface area contributed by atoms with Gasteiger partial charge in [-0.1, -0.05) is 0 Å². The fourth-order valence-electron chi connectivity index (χ4n) is 1.20. The fraction of sp³-hybridized carbons (Fsp3) is 0.833. The molecular weight excluding hydrogens is 236 g/mol. The lowest BCUT2D eigenvalue weighted by Crippen LogP contribution is -2.51. The molecular formula is C12H24N2O4. The fourth-order valence-corrected chi connectivity index (χ4v) is 1.20. The molecule has 0 radical (unpaired) electrons. The van der Waals surface area contributed by atoms with E-state index in [0.717, 1.165) is 0 Å². The number of methoxy groups -OCH3 is 1. The molecule has 0 atom stereocenters. The molecule has 0 aliphatic heterocycles. The van der Waals surface area contributed by atoms with E-state index in [1.165, 1.54) is 0 Å². The summed E-state index contributed by atoms with van der Waals surface area (Å²) in [6.45, 7) is 7.68. The normalized spacial score (nSPS) is 12.1. The van der Waals surface area contributed by atoms with Gasteiger partial charge in [-0.15, -0.1) is 0 Å². The van der Waals surface area contributed by atoms with Crippen molar-refractivity contribution in [3.05, 3.63) is 0 Å². The van der Waals surface area contributed by atoms with Crippen LogP contribution in [0.15, 0.2) is 0 Å². The van der Waals surface area contributed by atoms with Gasteiger partial charge in [0.05, 0.1) is 5.60 Å². The molecule has 0 bridgehead atoms. The zero-order valence-electron chi connectivity index (χ0n) is 11.8. The molecule has 0 spiro atoms. The van der Waals surface area contributed by atoms with Gasteiger partial charge < -0.3 is 20.5 Å². The monoisotopic (exact) mass is 260 g/mol. The van der Waals surface area contributed by atoms with Crippen LogP contribution in [0.5, 0.6) is 0 Å². The summed E-state index contributed by atoms with van der Waals surface area (Å²) in [7, 11) is 1.58. The molecule has 0 aromatic carbocycles. The van der Waals surface area contributed by atoms with Crippen molar-refractivity contribution in [3.8, 4) is 0 Å². The van der Waals surface area contributed by atoms with Gasteiger partial charge >= 0.3 is 12.0 Å². The van der Waals surface area contributed by atoms with Gasteiger partial charge in [-0.2, -0.15) is 0 Å². The Bertz CT molecular complexity index is 300. The topological polar surface area (TPSA) is 87.7 Å². The van der Waals surface area contributed by atoms with Gasteiger partial charge in [0.15, 0.2) is 0 Å². The molecule has 18 heavy (non-hydrogen) atoms. The van der Waals surface area contributed by atoms with Crippen LogP contribution in [0.2, 0.25) is 0 Å². The van der Waals surface area contributed by atoms with Gasteiger partial charge in [-0.05, 0) is 34.1 Å². The lowest BCUT2D eigenvalue weighted by Gasteiger charge is -2.28. The summed E-state index contributed by atoms with van der Waals surface area (Å²) in [5, 5.41) is 14.0. The Labute approximate surface area is 108 Å². The number of carboxylic acids is 1. The van der Waals surface area contributed by atoms with E-state index >= 15 is 0 Å². The number of rotatable bonds is 7. The average molecular weight is 260 g/mol. The van der Waals surface area contributed by atoms with Crippen molar-refractivity contribution < 1.29 is 19.4 Å². The summed E-state index contributed by atoms with van der Waals surface area (Å²) in [4.78, 5) is 22.1. The second kappa shape index (κ2) is 6.58. The number of nitrogens with one attached hydrogen (secondary N) is 2. The van der Waals surface area contributed by atoms with Crippen LogP contribution in [-0.4, -0.2) is 41.9 Å². The number of amides is 2. The SMILES string of the molecule is COC(C)(C)CNC(=O)NC(C)(C)CCC(=O)O. The highest BCUT2D eigenvalue weighted by molar-refractivity contribution is 5.75. The Balaban J connectivity index is 4.10. The molecule has 0 aliphatic rings. The van der Waals surface area contributed by atoms with Gasteiger partial charge in [-0.25, -0.2) is 4.79 Å². The number of aliphatic carboxylic acids is 1. The highest BCUT2D eigenvalue weighted by Gasteiger charge is 2.23. The first-order valence-corrected chi connectivity index (χ1v) is 5.91. The molecule has 2 amide bonds. The number of hydrogen-bond donors (Lipinski definition) is 3. The van der Waals surface area contributed by atoms with Crippen LogP contribution in [0.4, 0.5) is 4.79 Å². The minimum absolute atomic E-state index is 0.0246. The van der Waals surface area contributed by atoms with Gasteiger partial charge in [0, 0.05) is 25.6 Å². The molecule has 0 aromatic heterocycles. The van der Waals surface area contributed by atoms with E-state index in [4.69, 9.17) is 9.84 Å². The van der Waals surface area contributed by atoms with Crippen molar-refractivity contribution in [1.29, 1.82) is 0 Å². The predicted molar refractivity (Wildman–Crippen MR) is 68.6 cm³/mol. The Morgan fingerprint density at radius 1 is 1.22 bits per heavy atom. The van der Waals surface area contributed by atoms with E-state index in [1.54, 1.807) is 21.0 Å². The van der Waals surface area contributed by atoms with Gasteiger partial charge in [-0.3, -0.25) is 4.79 Å². The summed E-state index contributed by atoms with van der Waals surface area (Å²) < 4.78 is 5.18. The maximum atomic E-state index is 11.6. The van der Waals surface area contributed by atoms with Crippen LogP contribution >= 0.6 is 0 Å². The van der Waals surface area contributed by atoms with E-state index in [9.17, 15) is 9.59 Å². The highest BCUT2D eigenvalue weighted by Crippen LogP contribution is 2.11. The first kappa shape index (κ1) is 16.7. The number of carboxylic acid groups (broad SMARTS) is 1. The third-order valence-electron chi connectivity index (χ3n) is 2.64. The van der Waals surface area contributed by atoms with E-state index in [1.807, 2.05) is 13.8 Å². The molecule has 0 saturated heterocycles. The summed E-state index contributed by atoms with van der Waals surface area (Å²) in [6.07, 6.45) is 0.403. The molecule has 0 heterocycles. The molecule has 0 aromatic rings. The summed E-state index contributed by atoms with van der Waals surface area (Å²) in [6, 6.07) is -0.324. The van der Waals surface area contributed by atoms with Gasteiger partial charge in [0.25, 0.3) is 0 Å². The van der Waals surface area contributed by atoms with Crippen molar-refractivity contribution in [2.75, 3.05) is 13.7 Å². The highest BCUT2D eigenvalue weighted by atomic mass is 16.5. The van der Waals surface area contributed by atoms with E-state index < -0.39 is 17.1 Å². The molecule has 0 fully saturated rings. The zero-order chi connectivity index (χ0) is 14.4. The lowest BCUT2D eigenvalue weighted by atomic mass is 9.99. The first-order valence-electron chi connectivity index (χ1n) is 5.91. The van der Waals surface area contributed by atoms with Crippen LogP contribution < -0.4 is 10.6 Å². The van der Waals surface area contributed by atoms with Crippen molar-refractivity contribution in [2.45, 2.75) is 51.7 Å². The summed E-state index contributed by atoms with van der Waals surface area (Å²) in [5.41, 5.74) is -0.984. The van der Waals surface area contributed by atoms with Crippen molar-refractivity contribution in [1.82, 2.24) is 10.6 Å². The van der Waals surface area contributed by atoms with Crippen molar-refractivity contribution in [2.24, 2.45) is 0 Å². The van der Waals surface area contributed by atoms with Gasteiger partial charge in [0.2, 0.25) is 0 Å². The molecule has 0 rings (SSSR count). The average Bonchev–Trinajstić information content (AvgIpc) is 2.24. The molecule has 6 heteroatoms. The number of ether oxygens (including phenoxy) is 1. The van der Waals surface area contributed by atoms with E-state index in [0.29, 0.717) is 13.0 Å².